The van der Waals surface area contributed by atoms with Gasteiger partial charge < -0.3 is 20.5 Å². The summed E-state index contributed by atoms with van der Waals surface area (Å²) in [6, 6.07) is 13.7. The Morgan fingerprint density at radius 1 is 1.23 bits per heavy atom. The lowest BCUT2D eigenvalue weighted by Crippen LogP contribution is -2.55. The van der Waals surface area contributed by atoms with Crippen LogP contribution in [0.1, 0.15) is 17.5 Å². The molecule has 1 aliphatic heterocycles. The van der Waals surface area contributed by atoms with Gasteiger partial charge in [0.25, 0.3) is 0 Å². The van der Waals surface area contributed by atoms with Gasteiger partial charge in [-0.25, -0.2) is 4.39 Å². The zero-order valence-electron chi connectivity index (χ0n) is 17.1. The van der Waals surface area contributed by atoms with Crippen LogP contribution in [-0.4, -0.2) is 60.3 Å². The molecule has 30 heavy (non-hydrogen) atoms. The summed E-state index contributed by atoms with van der Waals surface area (Å²) in [7, 11) is 1.72. The number of ether oxygens (including phenoxy) is 1. The molecule has 2 aromatic rings. The largest absolute Gasteiger partial charge is 0.487 e. The third-order valence-electron chi connectivity index (χ3n) is 5.98. The Labute approximate surface area is 176 Å². The molecule has 1 heterocycles. The average Bonchev–Trinajstić information content (AvgIpc) is 3.02. The molecule has 1 saturated carbocycles. The van der Waals surface area contributed by atoms with E-state index < -0.39 is 12.2 Å². The molecule has 160 valence electrons. The van der Waals surface area contributed by atoms with Crippen LogP contribution in [0.3, 0.4) is 0 Å². The highest BCUT2D eigenvalue weighted by Crippen LogP contribution is 2.32. The summed E-state index contributed by atoms with van der Waals surface area (Å²) < 4.78 is 19.5. The number of rotatable bonds is 6. The van der Waals surface area contributed by atoms with Crippen molar-refractivity contribution in [2.24, 2.45) is 0 Å². The minimum absolute atomic E-state index is 0.122. The first kappa shape index (κ1) is 20.8. The lowest BCUT2D eigenvalue weighted by Gasteiger charge is -2.38. The molecular formula is C23H28FN3O3. The average molecular weight is 413 g/mol. The molecule has 1 fully saturated rings. The van der Waals surface area contributed by atoms with Crippen molar-refractivity contribution in [2.45, 2.75) is 43.7 Å². The third kappa shape index (κ3) is 4.48. The lowest BCUT2D eigenvalue weighted by molar-refractivity contribution is -0.121. The number of amides is 1. The molecule has 3 N–H and O–H groups in total. The molecule has 0 unspecified atom stereocenters. The number of likely N-dealkylation sites (N-methyl/N-ethyl adjacent to an activating group) is 1. The molecule has 0 saturated heterocycles. The number of nitrogens with zero attached hydrogens (tertiary/aromatic N) is 1. The van der Waals surface area contributed by atoms with Crippen molar-refractivity contribution in [1.29, 1.82) is 0 Å². The van der Waals surface area contributed by atoms with Crippen LogP contribution in [0.5, 0.6) is 5.75 Å². The molecule has 1 amide bonds. The van der Waals surface area contributed by atoms with Gasteiger partial charge in [-0.1, -0.05) is 30.3 Å². The second-order valence-electron chi connectivity index (χ2n) is 8.02. The van der Waals surface area contributed by atoms with E-state index in [1.807, 2.05) is 12.1 Å². The summed E-state index contributed by atoms with van der Waals surface area (Å²) in [6.07, 6.45) is 0.00866. The van der Waals surface area contributed by atoms with Crippen molar-refractivity contribution in [3.63, 3.8) is 0 Å². The summed E-state index contributed by atoms with van der Waals surface area (Å²) in [4.78, 5) is 14.5. The summed E-state index contributed by atoms with van der Waals surface area (Å²) in [5, 5.41) is 17.1. The predicted octanol–water partition coefficient (Wildman–Crippen LogP) is 1.47. The maximum atomic E-state index is 13.6. The molecule has 0 bridgehead atoms. The van der Waals surface area contributed by atoms with Crippen LogP contribution in [0.25, 0.3) is 0 Å². The number of benzene rings is 2. The fourth-order valence-electron chi connectivity index (χ4n) is 4.63. The van der Waals surface area contributed by atoms with Crippen LogP contribution in [0, 0.1) is 5.82 Å². The van der Waals surface area contributed by atoms with Crippen LogP contribution < -0.4 is 15.4 Å². The highest BCUT2D eigenvalue weighted by molar-refractivity contribution is 5.78. The number of hydrogen-bond acceptors (Lipinski definition) is 5. The lowest BCUT2D eigenvalue weighted by atomic mass is 9.97. The number of aliphatic hydroxyl groups is 1. The monoisotopic (exact) mass is 413 g/mol. The van der Waals surface area contributed by atoms with Gasteiger partial charge in [0.2, 0.25) is 5.91 Å². The van der Waals surface area contributed by atoms with E-state index in [0.29, 0.717) is 18.7 Å². The van der Waals surface area contributed by atoms with E-state index in [1.54, 1.807) is 19.2 Å². The summed E-state index contributed by atoms with van der Waals surface area (Å²) in [5.74, 6) is -0.129. The van der Waals surface area contributed by atoms with Crippen molar-refractivity contribution < 1.29 is 19.0 Å². The van der Waals surface area contributed by atoms with Crippen molar-refractivity contribution in [3.8, 4) is 5.75 Å². The first-order valence-electron chi connectivity index (χ1n) is 10.4. The van der Waals surface area contributed by atoms with Gasteiger partial charge in [0.15, 0.2) is 0 Å². The Bertz CT molecular complexity index is 894. The normalized spacial score (nSPS) is 26.2. The summed E-state index contributed by atoms with van der Waals surface area (Å²) in [5.41, 5.74) is 2.57. The molecule has 0 aromatic heterocycles. The predicted molar refractivity (Wildman–Crippen MR) is 112 cm³/mol. The number of fused-ring (bicyclic) bond motifs is 1. The molecule has 7 heteroatoms. The fourth-order valence-corrected chi connectivity index (χ4v) is 4.63. The maximum absolute atomic E-state index is 13.6. The van der Waals surface area contributed by atoms with E-state index in [1.165, 1.54) is 23.3 Å². The molecule has 2 aliphatic rings. The summed E-state index contributed by atoms with van der Waals surface area (Å²) >= 11 is 0. The summed E-state index contributed by atoms with van der Waals surface area (Å²) in [6.45, 7) is 1.71. The number of hydrogen-bond donors (Lipinski definition) is 3. The van der Waals surface area contributed by atoms with Gasteiger partial charge in [-0.3, -0.25) is 9.69 Å². The van der Waals surface area contributed by atoms with Gasteiger partial charge in [-0.2, -0.15) is 0 Å². The standard InChI is InChI=1S/C23H28FN3O3/c1-25-13-21(28)26-19-12-20(30-18-8-4-7-17(24)11-18)23(29)22(19)27-10-9-15-5-2-3-6-16(15)14-27/h2-8,11,19-20,22-23,25,29H,9-10,12-14H2,1H3,(H,26,28)/t19-,20-,22+,23+/m1/s1. The molecule has 4 atom stereocenters. The second-order valence-corrected chi connectivity index (χ2v) is 8.02. The Morgan fingerprint density at radius 2 is 2.03 bits per heavy atom. The van der Waals surface area contributed by atoms with E-state index in [0.717, 1.165) is 13.0 Å². The second kappa shape index (κ2) is 9.12. The van der Waals surface area contributed by atoms with Crippen LogP contribution in [-0.2, 0) is 17.8 Å². The smallest absolute Gasteiger partial charge is 0.234 e. The van der Waals surface area contributed by atoms with Gasteiger partial charge in [0.05, 0.1) is 18.6 Å². The van der Waals surface area contributed by atoms with E-state index in [9.17, 15) is 14.3 Å². The van der Waals surface area contributed by atoms with Crippen LogP contribution in [0.15, 0.2) is 48.5 Å². The highest BCUT2D eigenvalue weighted by atomic mass is 19.1. The SMILES string of the molecule is CNCC(=O)N[C@@H]1C[C@@H](Oc2cccc(F)c2)[C@H](O)[C@H]1N1CCc2ccccc2C1. The van der Waals surface area contributed by atoms with E-state index in [4.69, 9.17) is 4.74 Å². The molecule has 2 aromatic carbocycles. The van der Waals surface area contributed by atoms with E-state index in [-0.39, 0.29) is 30.4 Å². The van der Waals surface area contributed by atoms with Gasteiger partial charge >= 0.3 is 0 Å². The van der Waals surface area contributed by atoms with Gasteiger partial charge in [-0.05, 0) is 36.7 Å². The topological polar surface area (TPSA) is 73.8 Å². The number of aliphatic hydroxyl groups excluding tert-OH is 1. The molecule has 4 rings (SSSR count). The Morgan fingerprint density at radius 3 is 2.80 bits per heavy atom. The zero-order valence-corrected chi connectivity index (χ0v) is 17.1. The molecular weight excluding hydrogens is 385 g/mol. The highest BCUT2D eigenvalue weighted by Gasteiger charge is 2.47. The van der Waals surface area contributed by atoms with Crippen molar-refractivity contribution in [1.82, 2.24) is 15.5 Å². The first-order valence-corrected chi connectivity index (χ1v) is 10.4. The fraction of sp³-hybridized carbons (Fsp3) is 0.435. The van der Waals surface area contributed by atoms with Crippen LogP contribution in [0.2, 0.25) is 0 Å². The molecule has 1 aliphatic carbocycles. The number of carbonyl (C=O) groups is 1. The minimum atomic E-state index is -0.807. The molecule has 0 spiro atoms. The third-order valence-corrected chi connectivity index (χ3v) is 5.98. The molecule has 0 radical (unpaired) electrons. The first-order chi connectivity index (χ1) is 14.5. The zero-order chi connectivity index (χ0) is 21.1. The Balaban J connectivity index is 1.54. The van der Waals surface area contributed by atoms with Gasteiger partial charge in [0, 0.05) is 25.6 Å². The van der Waals surface area contributed by atoms with Gasteiger partial charge in [-0.15, -0.1) is 0 Å². The number of halogens is 1. The van der Waals surface area contributed by atoms with Gasteiger partial charge in [0.1, 0.15) is 23.8 Å². The number of nitrogens with one attached hydrogen (secondary N) is 2. The van der Waals surface area contributed by atoms with E-state index >= 15 is 0 Å². The minimum Gasteiger partial charge on any atom is -0.487 e. The number of carbonyl (C=O) groups excluding carboxylic acids is 1. The van der Waals surface area contributed by atoms with Crippen LogP contribution in [0.4, 0.5) is 4.39 Å². The Hall–Kier alpha value is -2.48. The Kier molecular flexibility index (Phi) is 6.32. The van der Waals surface area contributed by atoms with E-state index in [2.05, 4.69) is 27.7 Å². The van der Waals surface area contributed by atoms with Crippen molar-refractivity contribution in [2.75, 3.05) is 20.1 Å². The quantitative estimate of drug-likeness (QED) is 0.669. The molecule has 6 nitrogen and oxygen atoms in total. The van der Waals surface area contributed by atoms with Crippen molar-refractivity contribution >= 4 is 5.91 Å². The van der Waals surface area contributed by atoms with Crippen molar-refractivity contribution in [3.05, 3.63) is 65.5 Å². The van der Waals surface area contributed by atoms with Crippen LogP contribution >= 0.6 is 0 Å². The maximum Gasteiger partial charge on any atom is 0.234 e.